The van der Waals surface area contributed by atoms with Gasteiger partial charge in [0.05, 0.1) is 42.2 Å². The fraction of sp³-hybridized carbons (Fsp3) is 0.389. The molecule has 2 heterocycles. The van der Waals surface area contributed by atoms with E-state index in [2.05, 4.69) is 15.3 Å². The number of aliphatic hydroxyl groups is 2. The van der Waals surface area contributed by atoms with Gasteiger partial charge < -0.3 is 29.9 Å². The molecule has 0 saturated carbocycles. The molecule has 0 aliphatic heterocycles. The molecule has 0 spiro atoms. The number of ether oxygens (including phenoxy) is 1. The van der Waals surface area contributed by atoms with Gasteiger partial charge in [0.1, 0.15) is 5.82 Å². The second-order valence-corrected chi connectivity index (χ2v) is 13.0. The molecule has 0 radical (unpaired) electrons. The zero-order chi connectivity index (χ0) is 34.5. The lowest BCUT2D eigenvalue weighted by molar-refractivity contribution is -0.152. The number of carboxylic acids is 1. The molecule has 2 aromatic heterocycles. The molecule has 2 aromatic carbocycles. The van der Waals surface area contributed by atoms with Crippen LogP contribution in [0.25, 0.3) is 22.5 Å². The highest BCUT2D eigenvalue weighted by molar-refractivity contribution is 6.12. The average Bonchev–Trinajstić information content (AvgIpc) is 3.35. The number of benzene rings is 2. The molecule has 4 aromatic rings. The topological polar surface area (TPSA) is 147 Å². The second-order valence-electron chi connectivity index (χ2n) is 13.0. The fourth-order valence-electron chi connectivity index (χ4n) is 6.07. The van der Waals surface area contributed by atoms with Gasteiger partial charge in [0.15, 0.2) is 0 Å². The quantitative estimate of drug-likeness (QED) is 0.131. The van der Waals surface area contributed by atoms with Crippen molar-refractivity contribution < 1.29 is 34.0 Å². The van der Waals surface area contributed by atoms with Crippen molar-refractivity contribution in [1.29, 1.82) is 0 Å². The number of carbonyl (C=O) groups excluding carboxylic acids is 1. The Morgan fingerprint density at radius 2 is 1.68 bits per heavy atom. The van der Waals surface area contributed by atoms with E-state index in [0.29, 0.717) is 39.5 Å². The number of rotatable bonds is 13. The molecule has 47 heavy (non-hydrogen) atoms. The number of para-hydroxylation sites is 1. The van der Waals surface area contributed by atoms with Gasteiger partial charge in [-0.3, -0.25) is 9.59 Å². The van der Waals surface area contributed by atoms with E-state index in [9.17, 15) is 29.3 Å². The Balaban J connectivity index is 1.90. The summed E-state index contributed by atoms with van der Waals surface area (Å²) in [4.78, 5) is 35.0. The first kappa shape index (κ1) is 35.2. The molecule has 11 heteroatoms. The van der Waals surface area contributed by atoms with Crippen LogP contribution >= 0.6 is 0 Å². The van der Waals surface area contributed by atoms with E-state index >= 15 is 0 Å². The first-order valence-electron chi connectivity index (χ1n) is 15.6. The molecule has 0 fully saturated rings. The van der Waals surface area contributed by atoms with Gasteiger partial charge in [0.25, 0.3) is 5.91 Å². The number of hydrogen-bond acceptors (Lipinski definition) is 7. The normalized spacial score (nSPS) is 13.7. The summed E-state index contributed by atoms with van der Waals surface area (Å²) in [6.07, 6.45) is -0.857. The van der Waals surface area contributed by atoms with E-state index in [0.717, 1.165) is 0 Å². The highest BCUT2D eigenvalue weighted by Crippen LogP contribution is 2.42. The van der Waals surface area contributed by atoms with Crippen molar-refractivity contribution in [2.45, 2.75) is 72.1 Å². The van der Waals surface area contributed by atoms with E-state index in [1.807, 2.05) is 36.6 Å². The number of nitrogens with zero attached hydrogens (tertiary/aromatic N) is 3. The number of anilines is 1. The Morgan fingerprint density at radius 1 is 1.02 bits per heavy atom. The van der Waals surface area contributed by atoms with Crippen LogP contribution in [0.3, 0.4) is 0 Å². The van der Waals surface area contributed by atoms with Crippen LogP contribution in [0.5, 0.6) is 6.01 Å². The van der Waals surface area contributed by atoms with Gasteiger partial charge in [-0.25, -0.2) is 9.37 Å². The van der Waals surface area contributed by atoms with Crippen molar-refractivity contribution in [3.05, 3.63) is 83.9 Å². The lowest BCUT2D eigenvalue weighted by Crippen LogP contribution is -2.40. The maximum Gasteiger partial charge on any atom is 0.316 e. The molecular formula is C36H43FN4O6. The third kappa shape index (κ3) is 8.22. The minimum absolute atomic E-state index is 0.0945. The van der Waals surface area contributed by atoms with E-state index in [4.69, 9.17) is 4.74 Å². The molecule has 0 aliphatic carbocycles. The average molecular weight is 647 g/mol. The number of aliphatic hydroxyl groups excluding tert-OH is 2. The number of hydrogen-bond donors (Lipinski definition) is 4. The first-order valence-corrected chi connectivity index (χ1v) is 15.6. The highest BCUT2D eigenvalue weighted by atomic mass is 19.1. The molecule has 0 aliphatic rings. The number of aromatic nitrogens is 3. The summed E-state index contributed by atoms with van der Waals surface area (Å²) in [5, 5.41) is 34.8. The maximum absolute atomic E-state index is 14.3. The van der Waals surface area contributed by atoms with Gasteiger partial charge in [-0.15, -0.1) is 0 Å². The molecule has 1 amide bonds. The van der Waals surface area contributed by atoms with Crippen molar-refractivity contribution in [3.8, 4) is 28.5 Å². The highest BCUT2D eigenvalue weighted by Gasteiger charge is 2.38. The van der Waals surface area contributed by atoms with Crippen molar-refractivity contribution in [3.63, 3.8) is 0 Å². The third-order valence-electron chi connectivity index (χ3n) is 8.08. The monoisotopic (exact) mass is 646 g/mol. The molecule has 0 bridgehead atoms. The SMILES string of the molecule is COc1nccc(-c2c(C(=O)Nc3ccccc3)c(C(C)C)n(CC[C@@H](O)C[C@@H](O)C(C(=O)O)C(C)(C)C)c2-c2ccc(F)cc2)n1. The Morgan fingerprint density at radius 3 is 2.26 bits per heavy atom. The standard InChI is InChI=1S/C36H43FN4O6/c1-21(2)31-29(33(44)39-24-10-8-7-9-11-24)28(26-16-18-38-35(40-26)47-6)32(22-12-14-23(37)15-13-22)41(31)19-17-25(42)20-27(43)30(34(45)46)36(3,4)5/h7-16,18,21,25,27,30,42-43H,17,19-20H2,1-6H3,(H,39,44)(H,45,46)/t25-,27-,30?/m1/s1. The van der Waals surface area contributed by atoms with Crippen LogP contribution in [0.4, 0.5) is 10.1 Å². The van der Waals surface area contributed by atoms with Gasteiger partial charge in [-0.1, -0.05) is 52.8 Å². The molecule has 0 saturated heterocycles. The van der Waals surface area contributed by atoms with Gasteiger partial charge in [0, 0.05) is 36.1 Å². The van der Waals surface area contributed by atoms with E-state index < -0.39 is 35.3 Å². The predicted octanol–water partition coefficient (Wildman–Crippen LogP) is 6.38. The van der Waals surface area contributed by atoms with Crippen molar-refractivity contribution in [2.24, 2.45) is 11.3 Å². The van der Waals surface area contributed by atoms with Crippen LogP contribution in [-0.2, 0) is 11.3 Å². The summed E-state index contributed by atoms with van der Waals surface area (Å²) < 4.78 is 21.4. The first-order chi connectivity index (χ1) is 22.2. The summed E-state index contributed by atoms with van der Waals surface area (Å²) in [7, 11) is 1.44. The lowest BCUT2D eigenvalue weighted by atomic mass is 9.76. The van der Waals surface area contributed by atoms with Crippen molar-refractivity contribution in [1.82, 2.24) is 14.5 Å². The van der Waals surface area contributed by atoms with Crippen molar-refractivity contribution >= 4 is 17.6 Å². The predicted molar refractivity (Wildman–Crippen MR) is 178 cm³/mol. The number of carbonyl (C=O) groups is 2. The number of halogens is 1. The lowest BCUT2D eigenvalue weighted by Gasteiger charge is -2.32. The molecule has 10 nitrogen and oxygen atoms in total. The molecular weight excluding hydrogens is 603 g/mol. The van der Waals surface area contributed by atoms with Crippen molar-refractivity contribution in [2.75, 3.05) is 12.4 Å². The number of carboxylic acid groups (broad SMARTS) is 1. The Labute approximate surface area is 274 Å². The number of methoxy groups -OCH3 is 1. The van der Waals surface area contributed by atoms with Gasteiger partial charge in [0.2, 0.25) is 0 Å². The summed E-state index contributed by atoms with van der Waals surface area (Å²) in [5.74, 6) is -3.25. The largest absolute Gasteiger partial charge is 0.481 e. The summed E-state index contributed by atoms with van der Waals surface area (Å²) in [6, 6.07) is 16.7. The third-order valence-corrected chi connectivity index (χ3v) is 8.08. The van der Waals surface area contributed by atoms with Crippen LogP contribution in [-0.4, -0.2) is 61.0 Å². The summed E-state index contributed by atoms with van der Waals surface area (Å²) >= 11 is 0. The fourth-order valence-corrected chi connectivity index (χ4v) is 6.07. The minimum Gasteiger partial charge on any atom is -0.481 e. The van der Waals surface area contributed by atoms with Gasteiger partial charge in [-0.05, 0) is 65.8 Å². The van der Waals surface area contributed by atoms with Gasteiger partial charge in [-0.2, -0.15) is 4.98 Å². The Kier molecular flexibility index (Phi) is 11.2. The number of nitrogens with one attached hydrogen (secondary N) is 1. The zero-order valence-electron chi connectivity index (χ0n) is 27.6. The Bertz CT molecular complexity index is 1680. The molecule has 1 unspecified atom stereocenters. The summed E-state index contributed by atoms with van der Waals surface area (Å²) in [5.41, 5.74) is 2.90. The van der Waals surface area contributed by atoms with Gasteiger partial charge >= 0.3 is 12.0 Å². The van der Waals surface area contributed by atoms with Crippen LogP contribution in [0, 0.1) is 17.2 Å². The number of aliphatic carboxylic acids is 1. The smallest absolute Gasteiger partial charge is 0.316 e. The van der Waals surface area contributed by atoms with E-state index in [1.165, 1.54) is 25.4 Å². The number of amides is 1. The molecule has 3 atom stereocenters. The molecule has 4 N–H and O–H groups in total. The van der Waals surface area contributed by atoms with Crippen LogP contribution in [0.2, 0.25) is 0 Å². The van der Waals surface area contributed by atoms with E-state index in [-0.39, 0.29) is 37.2 Å². The van der Waals surface area contributed by atoms with Crippen LogP contribution < -0.4 is 10.1 Å². The second kappa shape index (κ2) is 14.9. The summed E-state index contributed by atoms with van der Waals surface area (Å²) in [6.45, 7) is 9.29. The molecule has 250 valence electrons. The Hall–Kier alpha value is -4.61. The maximum atomic E-state index is 14.3. The van der Waals surface area contributed by atoms with E-state index in [1.54, 1.807) is 51.1 Å². The van der Waals surface area contributed by atoms with Crippen LogP contribution in [0.1, 0.15) is 69.4 Å². The zero-order valence-corrected chi connectivity index (χ0v) is 27.6. The minimum atomic E-state index is -1.29. The van der Waals surface area contributed by atoms with Crippen LogP contribution in [0.15, 0.2) is 66.9 Å². The molecule has 4 rings (SSSR count).